The molecule has 3 rings (SSSR count). The third kappa shape index (κ3) is 1.96. The molecule has 2 nitrogen and oxygen atoms in total. The van der Waals surface area contributed by atoms with Crippen LogP contribution in [-0.4, -0.2) is 25.0 Å². The van der Waals surface area contributed by atoms with Crippen molar-refractivity contribution in [3.05, 3.63) is 40.8 Å². The number of aryl methyl sites for hydroxylation is 1. The van der Waals surface area contributed by atoms with Gasteiger partial charge in [-0.15, -0.1) is 0 Å². The molecule has 18 heavy (non-hydrogen) atoms. The monoisotopic (exact) mass is 261 g/mol. The van der Waals surface area contributed by atoms with Crippen molar-refractivity contribution in [3.8, 4) is 0 Å². The van der Waals surface area contributed by atoms with Gasteiger partial charge in [0.15, 0.2) is 0 Å². The van der Waals surface area contributed by atoms with Crippen molar-refractivity contribution in [3.63, 3.8) is 0 Å². The summed E-state index contributed by atoms with van der Waals surface area (Å²) >= 11 is 6.14. The molecule has 1 aromatic carbocycles. The first kappa shape index (κ1) is 11.8. The first-order valence-corrected chi connectivity index (χ1v) is 6.58. The minimum atomic E-state index is 0.798. The molecule has 0 saturated heterocycles. The normalized spacial score (nSPS) is 17.2. The molecule has 0 amide bonds. The van der Waals surface area contributed by atoms with E-state index in [0.29, 0.717) is 0 Å². The van der Waals surface area contributed by atoms with Crippen LogP contribution in [0.4, 0.5) is 0 Å². The van der Waals surface area contributed by atoms with Crippen LogP contribution in [0.2, 0.25) is 5.02 Å². The minimum Gasteiger partial charge on any atom is -0.463 e. The number of rotatable bonds is 1. The quantitative estimate of drug-likeness (QED) is 0.768. The van der Waals surface area contributed by atoms with Crippen LogP contribution in [0.15, 0.2) is 28.9 Å². The summed E-state index contributed by atoms with van der Waals surface area (Å²) in [7, 11) is 2.14. The molecule has 0 unspecified atom stereocenters. The lowest BCUT2D eigenvalue weighted by Crippen LogP contribution is -2.23. The fourth-order valence-electron chi connectivity index (χ4n) is 2.40. The van der Waals surface area contributed by atoms with Crippen LogP contribution in [0.25, 0.3) is 16.3 Å². The Kier molecular flexibility index (Phi) is 2.92. The predicted molar refractivity (Wildman–Crippen MR) is 76.1 cm³/mol. The summed E-state index contributed by atoms with van der Waals surface area (Å²) in [4.78, 5) is 2.30. The lowest BCUT2D eigenvalue weighted by atomic mass is 10.0. The van der Waals surface area contributed by atoms with E-state index in [-0.39, 0.29) is 0 Å². The average Bonchev–Trinajstić information content (AvgIpc) is 2.74. The van der Waals surface area contributed by atoms with E-state index in [1.807, 2.05) is 13.0 Å². The van der Waals surface area contributed by atoms with E-state index in [9.17, 15) is 0 Å². The molecule has 1 aliphatic rings. The topological polar surface area (TPSA) is 16.4 Å². The van der Waals surface area contributed by atoms with E-state index in [0.717, 1.165) is 41.2 Å². The lowest BCUT2D eigenvalue weighted by molar-refractivity contribution is 0.367. The molecule has 2 aromatic rings. The van der Waals surface area contributed by atoms with Crippen LogP contribution in [0.1, 0.15) is 17.7 Å². The van der Waals surface area contributed by atoms with Gasteiger partial charge in [-0.05, 0) is 43.7 Å². The fourth-order valence-corrected chi connectivity index (χ4v) is 2.57. The SMILES string of the molecule is Cc1cc2c(C3=CCN(C)CC3)occ2cc1Cl. The lowest BCUT2D eigenvalue weighted by Gasteiger charge is -2.21. The number of benzene rings is 1. The second-order valence-corrected chi connectivity index (χ2v) is 5.40. The van der Waals surface area contributed by atoms with Gasteiger partial charge in [0.2, 0.25) is 0 Å². The maximum atomic E-state index is 6.14. The molecular weight excluding hydrogens is 246 g/mol. The highest BCUT2D eigenvalue weighted by molar-refractivity contribution is 6.32. The molecule has 94 valence electrons. The maximum absolute atomic E-state index is 6.14. The van der Waals surface area contributed by atoms with Crippen molar-refractivity contribution >= 4 is 27.9 Å². The summed E-state index contributed by atoms with van der Waals surface area (Å²) in [6.07, 6.45) is 5.10. The van der Waals surface area contributed by atoms with Crippen LogP contribution in [0, 0.1) is 6.92 Å². The van der Waals surface area contributed by atoms with E-state index in [1.165, 1.54) is 11.0 Å². The molecule has 0 fully saturated rings. The number of likely N-dealkylation sites (N-methyl/N-ethyl adjacent to an activating group) is 1. The second-order valence-electron chi connectivity index (χ2n) is 5.00. The predicted octanol–water partition coefficient (Wildman–Crippen LogP) is 4.11. The summed E-state index contributed by atoms with van der Waals surface area (Å²) in [5.74, 6) is 1.01. The zero-order valence-corrected chi connectivity index (χ0v) is 11.4. The molecule has 0 aliphatic carbocycles. The van der Waals surface area contributed by atoms with E-state index >= 15 is 0 Å². The molecule has 0 atom stereocenters. The molecule has 0 saturated carbocycles. The molecule has 1 aliphatic heterocycles. The van der Waals surface area contributed by atoms with Crippen molar-refractivity contribution in [1.29, 1.82) is 0 Å². The zero-order chi connectivity index (χ0) is 12.7. The third-order valence-electron chi connectivity index (χ3n) is 3.58. The van der Waals surface area contributed by atoms with Crippen LogP contribution in [0.3, 0.4) is 0 Å². The average molecular weight is 262 g/mol. The van der Waals surface area contributed by atoms with Gasteiger partial charge >= 0.3 is 0 Å². The molecule has 0 spiro atoms. The van der Waals surface area contributed by atoms with Gasteiger partial charge in [-0.2, -0.15) is 0 Å². The highest BCUT2D eigenvalue weighted by Crippen LogP contribution is 2.33. The van der Waals surface area contributed by atoms with Gasteiger partial charge in [-0.1, -0.05) is 17.7 Å². The maximum Gasteiger partial charge on any atom is 0.137 e. The molecular formula is C15H16ClNO. The van der Waals surface area contributed by atoms with Gasteiger partial charge in [-0.3, -0.25) is 0 Å². The van der Waals surface area contributed by atoms with Gasteiger partial charge in [0, 0.05) is 28.9 Å². The highest BCUT2D eigenvalue weighted by Gasteiger charge is 2.16. The van der Waals surface area contributed by atoms with Crippen molar-refractivity contribution in [1.82, 2.24) is 4.90 Å². The Balaban J connectivity index is 2.10. The minimum absolute atomic E-state index is 0.798. The zero-order valence-electron chi connectivity index (χ0n) is 10.7. The van der Waals surface area contributed by atoms with Crippen LogP contribution >= 0.6 is 11.6 Å². The molecule has 2 heterocycles. The fraction of sp³-hybridized carbons (Fsp3) is 0.333. The Morgan fingerprint density at radius 1 is 1.33 bits per heavy atom. The van der Waals surface area contributed by atoms with Crippen molar-refractivity contribution in [2.24, 2.45) is 0 Å². The Morgan fingerprint density at radius 3 is 2.89 bits per heavy atom. The smallest absolute Gasteiger partial charge is 0.137 e. The summed E-state index contributed by atoms with van der Waals surface area (Å²) in [6, 6.07) is 4.10. The largest absolute Gasteiger partial charge is 0.463 e. The van der Waals surface area contributed by atoms with Crippen molar-refractivity contribution < 1.29 is 4.42 Å². The summed E-state index contributed by atoms with van der Waals surface area (Å²) in [6.45, 7) is 4.10. The Bertz CT molecular complexity index is 627. The van der Waals surface area contributed by atoms with Crippen LogP contribution in [0.5, 0.6) is 0 Å². The van der Waals surface area contributed by atoms with Crippen LogP contribution < -0.4 is 0 Å². The van der Waals surface area contributed by atoms with Crippen LogP contribution in [-0.2, 0) is 0 Å². The van der Waals surface area contributed by atoms with E-state index < -0.39 is 0 Å². The number of furan rings is 1. The van der Waals surface area contributed by atoms with Gasteiger partial charge < -0.3 is 9.32 Å². The van der Waals surface area contributed by atoms with Gasteiger partial charge in [0.1, 0.15) is 5.76 Å². The summed E-state index contributed by atoms with van der Waals surface area (Å²) < 4.78 is 5.75. The Hall–Kier alpha value is -1.25. The highest BCUT2D eigenvalue weighted by atomic mass is 35.5. The second kappa shape index (κ2) is 4.45. The first-order chi connectivity index (χ1) is 8.65. The number of hydrogen-bond donors (Lipinski definition) is 0. The Labute approximate surface area is 112 Å². The van der Waals surface area contributed by atoms with E-state index in [1.54, 1.807) is 6.26 Å². The third-order valence-corrected chi connectivity index (χ3v) is 3.99. The Morgan fingerprint density at radius 2 is 2.17 bits per heavy atom. The number of hydrogen-bond acceptors (Lipinski definition) is 2. The van der Waals surface area contributed by atoms with Crippen molar-refractivity contribution in [2.75, 3.05) is 20.1 Å². The number of fused-ring (bicyclic) bond motifs is 1. The number of halogens is 1. The van der Waals surface area contributed by atoms with Crippen molar-refractivity contribution in [2.45, 2.75) is 13.3 Å². The van der Waals surface area contributed by atoms with Gasteiger partial charge in [-0.25, -0.2) is 0 Å². The summed E-state index contributed by atoms with van der Waals surface area (Å²) in [5, 5.41) is 3.06. The molecule has 1 aromatic heterocycles. The molecule has 3 heteroatoms. The first-order valence-electron chi connectivity index (χ1n) is 6.20. The van der Waals surface area contributed by atoms with Gasteiger partial charge in [0.25, 0.3) is 0 Å². The van der Waals surface area contributed by atoms with Gasteiger partial charge in [0.05, 0.1) is 6.26 Å². The molecule has 0 bridgehead atoms. The van der Waals surface area contributed by atoms with E-state index in [4.69, 9.17) is 16.0 Å². The number of nitrogens with zero attached hydrogens (tertiary/aromatic N) is 1. The summed E-state index contributed by atoms with van der Waals surface area (Å²) in [5.41, 5.74) is 2.41. The van der Waals surface area contributed by atoms with E-state index in [2.05, 4.69) is 24.1 Å². The molecule has 0 N–H and O–H groups in total. The standard InChI is InChI=1S/C15H16ClNO/c1-10-7-13-12(8-14(10)16)9-18-15(13)11-3-5-17(2)6-4-11/h3,7-9H,4-6H2,1-2H3. The molecule has 0 radical (unpaired) electrons.